The molecule has 0 amide bonds. The molecule has 0 rings (SSSR count). The Kier molecular flexibility index (Phi) is 7.74. The Balaban J connectivity index is 4.30. The van der Waals surface area contributed by atoms with Gasteiger partial charge in [-0.2, -0.15) is 0 Å². The highest BCUT2D eigenvalue weighted by Crippen LogP contribution is 2.08. The van der Waals surface area contributed by atoms with Crippen LogP contribution < -0.4 is 5.73 Å². The lowest BCUT2D eigenvalue weighted by Gasteiger charge is -2.22. The van der Waals surface area contributed by atoms with Gasteiger partial charge in [-0.15, -0.1) is 0 Å². The van der Waals surface area contributed by atoms with E-state index >= 15 is 0 Å². The second kappa shape index (κ2) is 7.91. The van der Waals surface area contributed by atoms with E-state index in [-0.39, 0.29) is 0 Å². The van der Waals surface area contributed by atoms with Crippen LogP contribution in [0.15, 0.2) is 11.8 Å². The average molecular weight is 244 g/mol. The van der Waals surface area contributed by atoms with Gasteiger partial charge in [-0.05, 0) is 33.2 Å². The van der Waals surface area contributed by atoms with Crippen molar-refractivity contribution < 1.29 is 0 Å². The first kappa shape index (κ1) is 14.7. The van der Waals surface area contributed by atoms with Gasteiger partial charge in [0.25, 0.3) is 0 Å². The van der Waals surface area contributed by atoms with Gasteiger partial charge in [-0.3, -0.25) is 0 Å². The molecule has 15 heavy (non-hydrogen) atoms. The van der Waals surface area contributed by atoms with E-state index < -0.39 is 0 Å². The summed E-state index contributed by atoms with van der Waals surface area (Å²) in [6.07, 6.45) is 4.15. The van der Waals surface area contributed by atoms with Crippen molar-refractivity contribution in [2.24, 2.45) is 5.73 Å². The highest BCUT2D eigenvalue weighted by Gasteiger charge is 2.10. The molecule has 0 aromatic heterocycles. The summed E-state index contributed by atoms with van der Waals surface area (Å²) in [6.45, 7) is 5.57. The fourth-order valence-electron chi connectivity index (χ4n) is 1.32. The monoisotopic (exact) mass is 244 g/mol. The van der Waals surface area contributed by atoms with Gasteiger partial charge >= 0.3 is 0 Å². The van der Waals surface area contributed by atoms with Gasteiger partial charge in [0.15, 0.2) is 0 Å². The van der Waals surface area contributed by atoms with Crippen LogP contribution in [0.2, 0.25) is 0 Å². The number of thiocarbonyl (C=S) groups is 2. The summed E-state index contributed by atoms with van der Waals surface area (Å²) in [5.41, 5.74) is 6.50. The first-order valence-electron chi connectivity index (χ1n) is 5.17. The van der Waals surface area contributed by atoms with Crippen LogP contribution in [0.25, 0.3) is 0 Å². The number of hydrogen-bond donors (Lipinski definition) is 1. The van der Waals surface area contributed by atoms with Crippen LogP contribution in [0.4, 0.5) is 0 Å². The number of allylic oxidation sites excluding steroid dienone is 2. The molecule has 0 aliphatic heterocycles. The summed E-state index contributed by atoms with van der Waals surface area (Å²) in [5.74, 6) is 0. The molecule has 0 bridgehead atoms. The SMILES string of the molecule is C/C=C(/C(=S)C(C)=S)N(C)CCCCN. The van der Waals surface area contributed by atoms with Crippen molar-refractivity contribution in [1.29, 1.82) is 0 Å². The fourth-order valence-corrected chi connectivity index (χ4v) is 1.70. The van der Waals surface area contributed by atoms with Gasteiger partial charge in [0.1, 0.15) is 0 Å². The number of unbranched alkanes of at least 4 members (excludes halogenated alkanes) is 1. The van der Waals surface area contributed by atoms with Crippen LogP contribution in [0.5, 0.6) is 0 Å². The maximum Gasteiger partial charge on any atom is 0.0743 e. The largest absolute Gasteiger partial charge is 0.374 e. The number of hydrogen-bond acceptors (Lipinski definition) is 4. The van der Waals surface area contributed by atoms with Gasteiger partial charge in [0.2, 0.25) is 0 Å². The summed E-state index contributed by atoms with van der Waals surface area (Å²) >= 11 is 10.4. The maximum atomic E-state index is 5.45. The smallest absolute Gasteiger partial charge is 0.0743 e. The Labute approximate surface area is 104 Å². The molecular formula is C11H20N2S2. The van der Waals surface area contributed by atoms with Crippen LogP contribution in [-0.4, -0.2) is 34.8 Å². The summed E-state index contributed by atoms with van der Waals surface area (Å²) in [7, 11) is 2.04. The molecule has 2 nitrogen and oxygen atoms in total. The zero-order valence-electron chi connectivity index (χ0n) is 9.75. The Hall–Kier alpha value is -0.320. The van der Waals surface area contributed by atoms with Crippen molar-refractivity contribution in [3.05, 3.63) is 11.8 Å². The maximum absolute atomic E-state index is 5.45. The molecule has 0 radical (unpaired) electrons. The molecule has 0 aromatic carbocycles. The minimum Gasteiger partial charge on any atom is -0.374 e. The van der Waals surface area contributed by atoms with Crippen molar-refractivity contribution in [2.45, 2.75) is 26.7 Å². The van der Waals surface area contributed by atoms with Gasteiger partial charge in [0.05, 0.1) is 10.6 Å². The van der Waals surface area contributed by atoms with Crippen LogP contribution in [0, 0.1) is 0 Å². The van der Waals surface area contributed by atoms with E-state index in [1.54, 1.807) is 0 Å². The van der Waals surface area contributed by atoms with E-state index in [4.69, 9.17) is 30.2 Å². The van der Waals surface area contributed by atoms with E-state index in [0.717, 1.165) is 41.4 Å². The molecule has 4 heteroatoms. The molecule has 0 aromatic rings. The van der Waals surface area contributed by atoms with E-state index in [2.05, 4.69) is 4.90 Å². The van der Waals surface area contributed by atoms with E-state index in [9.17, 15) is 0 Å². The molecule has 0 fully saturated rings. The van der Waals surface area contributed by atoms with Crippen molar-refractivity contribution in [3.63, 3.8) is 0 Å². The topological polar surface area (TPSA) is 29.3 Å². The van der Waals surface area contributed by atoms with Gasteiger partial charge < -0.3 is 10.6 Å². The lowest BCUT2D eigenvalue weighted by molar-refractivity contribution is 0.422. The summed E-state index contributed by atoms with van der Waals surface area (Å²) in [5, 5.41) is 0. The number of nitrogens with zero attached hydrogens (tertiary/aromatic N) is 1. The number of nitrogens with two attached hydrogens (primary N) is 1. The van der Waals surface area contributed by atoms with Gasteiger partial charge in [0, 0.05) is 18.5 Å². The molecule has 0 atom stereocenters. The molecule has 0 aliphatic carbocycles. The van der Waals surface area contributed by atoms with Crippen molar-refractivity contribution in [1.82, 2.24) is 4.90 Å². The first-order chi connectivity index (χ1) is 7.04. The molecule has 2 N–H and O–H groups in total. The van der Waals surface area contributed by atoms with Crippen molar-refractivity contribution in [2.75, 3.05) is 20.1 Å². The van der Waals surface area contributed by atoms with Crippen molar-refractivity contribution in [3.8, 4) is 0 Å². The fraction of sp³-hybridized carbons (Fsp3) is 0.636. The van der Waals surface area contributed by atoms with E-state index in [1.165, 1.54) is 0 Å². The summed E-state index contributed by atoms with van der Waals surface area (Å²) in [6, 6.07) is 0. The van der Waals surface area contributed by atoms with E-state index in [0.29, 0.717) is 0 Å². The summed E-state index contributed by atoms with van der Waals surface area (Å²) < 4.78 is 0. The second-order valence-electron chi connectivity index (χ2n) is 3.48. The number of rotatable bonds is 7. The second-order valence-corrected chi connectivity index (χ2v) is 4.50. The van der Waals surface area contributed by atoms with Gasteiger partial charge in [-0.1, -0.05) is 30.5 Å². The highest BCUT2D eigenvalue weighted by molar-refractivity contribution is 7.89. The Morgan fingerprint density at radius 1 is 1.33 bits per heavy atom. The van der Waals surface area contributed by atoms with Crippen LogP contribution in [0.1, 0.15) is 26.7 Å². The van der Waals surface area contributed by atoms with Gasteiger partial charge in [-0.25, -0.2) is 0 Å². The Bertz CT molecular complexity index is 259. The van der Waals surface area contributed by atoms with Crippen LogP contribution in [-0.2, 0) is 0 Å². The van der Waals surface area contributed by atoms with E-state index in [1.807, 2.05) is 27.0 Å². The van der Waals surface area contributed by atoms with Crippen molar-refractivity contribution >= 4 is 34.2 Å². The minimum absolute atomic E-state index is 0.746. The normalized spacial score (nSPS) is 11.3. The molecule has 0 unspecified atom stereocenters. The van der Waals surface area contributed by atoms with Crippen LogP contribution >= 0.6 is 24.4 Å². The molecule has 0 saturated heterocycles. The average Bonchev–Trinajstić information content (AvgIpc) is 2.19. The third-order valence-electron chi connectivity index (χ3n) is 2.18. The lowest BCUT2D eigenvalue weighted by atomic mass is 10.2. The minimum atomic E-state index is 0.746. The zero-order chi connectivity index (χ0) is 11.8. The Morgan fingerprint density at radius 2 is 1.93 bits per heavy atom. The molecule has 0 heterocycles. The zero-order valence-corrected chi connectivity index (χ0v) is 11.4. The Morgan fingerprint density at radius 3 is 2.33 bits per heavy atom. The predicted molar refractivity (Wildman–Crippen MR) is 75.5 cm³/mol. The highest BCUT2D eigenvalue weighted by atomic mass is 32.1. The standard InChI is InChI=1S/C11H20N2S2/c1-4-10(11(15)9(2)14)13(3)8-6-5-7-12/h4H,5-8,12H2,1-3H3/b10-4-. The molecule has 86 valence electrons. The third kappa shape index (κ3) is 5.35. The molecule has 0 aliphatic rings. The first-order valence-corrected chi connectivity index (χ1v) is 5.99. The third-order valence-corrected chi connectivity index (χ3v) is 3.03. The molecular weight excluding hydrogens is 224 g/mol. The predicted octanol–water partition coefficient (Wildman–Crippen LogP) is 2.32. The summed E-state index contributed by atoms with van der Waals surface area (Å²) in [4.78, 5) is 3.71. The lowest BCUT2D eigenvalue weighted by Crippen LogP contribution is -2.26. The van der Waals surface area contributed by atoms with Crippen LogP contribution in [0.3, 0.4) is 0 Å². The molecule has 0 spiro atoms. The molecule has 0 saturated carbocycles. The quantitative estimate of drug-likeness (QED) is 0.423.